The molecule has 1 rings (SSSR count). The lowest BCUT2D eigenvalue weighted by Crippen LogP contribution is -2.47. The van der Waals surface area contributed by atoms with Crippen molar-refractivity contribution < 1.29 is 35.3 Å². The minimum absolute atomic E-state index is 0.0105. The summed E-state index contributed by atoms with van der Waals surface area (Å²) in [6.07, 6.45) is 0.216. The molecule has 0 aromatic carbocycles. The van der Waals surface area contributed by atoms with Gasteiger partial charge < -0.3 is 4.74 Å². The van der Waals surface area contributed by atoms with Gasteiger partial charge in [0.2, 0.25) is 0 Å². The number of halogens is 3. The summed E-state index contributed by atoms with van der Waals surface area (Å²) in [7, 11) is -5.81. The average Bonchev–Trinajstić information content (AvgIpc) is 2.25. The van der Waals surface area contributed by atoms with Crippen LogP contribution in [0.4, 0.5) is 18.0 Å². The zero-order valence-electron chi connectivity index (χ0n) is 11.7. The predicted octanol–water partition coefficient (Wildman–Crippen LogP) is 2.38. The maximum atomic E-state index is 12.3. The van der Waals surface area contributed by atoms with E-state index in [1.54, 1.807) is 20.8 Å². The van der Waals surface area contributed by atoms with E-state index in [9.17, 15) is 26.4 Å². The van der Waals surface area contributed by atoms with E-state index >= 15 is 0 Å². The molecule has 6 nitrogen and oxygen atoms in total. The second-order valence-corrected chi connectivity index (χ2v) is 6.84. The van der Waals surface area contributed by atoms with Crippen LogP contribution in [0, 0.1) is 0 Å². The Hall–Kier alpha value is -1.29. The van der Waals surface area contributed by atoms with Gasteiger partial charge in [-0.1, -0.05) is 6.08 Å². The van der Waals surface area contributed by atoms with Crippen LogP contribution in [-0.4, -0.2) is 43.3 Å². The zero-order chi connectivity index (χ0) is 16.5. The van der Waals surface area contributed by atoms with Crippen molar-refractivity contribution in [1.29, 1.82) is 0 Å². The summed E-state index contributed by atoms with van der Waals surface area (Å²) >= 11 is 0. The van der Waals surface area contributed by atoms with Crippen LogP contribution < -0.4 is 0 Å². The van der Waals surface area contributed by atoms with Crippen molar-refractivity contribution in [2.24, 2.45) is 0 Å². The molecular weight excluding hydrogens is 315 g/mol. The van der Waals surface area contributed by atoms with Gasteiger partial charge in [0, 0.05) is 6.54 Å². The van der Waals surface area contributed by atoms with Crippen molar-refractivity contribution in [3.8, 4) is 0 Å². The SMILES string of the molecule is CC(C)(C)OC(=O)N1CCC=CC1OS(=O)(=O)C(F)(F)F. The Balaban J connectivity index is 2.91. The van der Waals surface area contributed by atoms with Crippen molar-refractivity contribution in [2.45, 2.75) is 44.5 Å². The second-order valence-electron chi connectivity index (χ2n) is 5.28. The highest BCUT2D eigenvalue weighted by Gasteiger charge is 2.49. The monoisotopic (exact) mass is 331 g/mol. The van der Waals surface area contributed by atoms with Crippen LogP contribution in [0.15, 0.2) is 12.2 Å². The molecule has 0 aliphatic carbocycles. The van der Waals surface area contributed by atoms with E-state index in [0.29, 0.717) is 6.42 Å². The van der Waals surface area contributed by atoms with E-state index in [4.69, 9.17) is 4.74 Å². The van der Waals surface area contributed by atoms with E-state index in [1.807, 2.05) is 0 Å². The minimum atomic E-state index is -5.81. The van der Waals surface area contributed by atoms with E-state index in [-0.39, 0.29) is 6.54 Å². The molecule has 1 aliphatic heterocycles. The van der Waals surface area contributed by atoms with Gasteiger partial charge in [-0.15, -0.1) is 0 Å². The van der Waals surface area contributed by atoms with Gasteiger partial charge in [-0.2, -0.15) is 21.6 Å². The minimum Gasteiger partial charge on any atom is -0.444 e. The molecule has 10 heteroatoms. The molecule has 0 N–H and O–H groups in total. The highest BCUT2D eigenvalue weighted by Crippen LogP contribution is 2.28. The van der Waals surface area contributed by atoms with E-state index in [0.717, 1.165) is 11.0 Å². The third-order valence-corrected chi connectivity index (χ3v) is 3.30. The fraction of sp³-hybridized carbons (Fsp3) is 0.727. The first kappa shape index (κ1) is 17.8. The summed E-state index contributed by atoms with van der Waals surface area (Å²) in [6, 6.07) is 0. The van der Waals surface area contributed by atoms with Crippen molar-refractivity contribution in [1.82, 2.24) is 4.90 Å². The first-order valence-corrected chi connectivity index (χ1v) is 7.40. The largest absolute Gasteiger partial charge is 0.523 e. The molecule has 1 heterocycles. The van der Waals surface area contributed by atoms with Gasteiger partial charge in [-0.05, 0) is 33.3 Å². The normalized spacial score (nSPS) is 20.5. The molecule has 0 saturated carbocycles. The summed E-state index contributed by atoms with van der Waals surface area (Å²) in [5, 5.41) is 0. The molecule has 0 bridgehead atoms. The van der Waals surface area contributed by atoms with Gasteiger partial charge in [0.05, 0.1) is 0 Å². The number of hydrogen-bond acceptors (Lipinski definition) is 5. The number of alkyl halides is 3. The summed E-state index contributed by atoms with van der Waals surface area (Å²) < 4.78 is 68.1. The highest BCUT2D eigenvalue weighted by molar-refractivity contribution is 7.87. The molecule has 1 aliphatic rings. The number of amides is 1. The molecule has 21 heavy (non-hydrogen) atoms. The van der Waals surface area contributed by atoms with Crippen molar-refractivity contribution >= 4 is 16.2 Å². The predicted molar refractivity (Wildman–Crippen MR) is 66.5 cm³/mol. The highest BCUT2D eigenvalue weighted by atomic mass is 32.2. The van der Waals surface area contributed by atoms with Gasteiger partial charge in [0.15, 0.2) is 6.23 Å². The van der Waals surface area contributed by atoms with Crippen LogP contribution in [0.3, 0.4) is 0 Å². The molecule has 1 unspecified atom stereocenters. The molecule has 0 spiro atoms. The van der Waals surface area contributed by atoms with Crippen molar-refractivity contribution in [3.63, 3.8) is 0 Å². The van der Waals surface area contributed by atoms with Crippen molar-refractivity contribution in [3.05, 3.63) is 12.2 Å². The molecule has 0 fully saturated rings. The fourth-order valence-corrected chi connectivity index (χ4v) is 1.98. The molecular formula is C11H16F3NO5S. The van der Waals surface area contributed by atoms with Crippen LogP contribution in [0.25, 0.3) is 0 Å². The third-order valence-electron chi connectivity index (χ3n) is 2.28. The molecule has 0 aromatic rings. The maximum absolute atomic E-state index is 12.3. The Labute approximate surface area is 120 Å². The number of ether oxygens (including phenoxy) is 1. The third kappa shape index (κ3) is 4.88. The lowest BCUT2D eigenvalue weighted by Gasteiger charge is -2.33. The molecule has 0 radical (unpaired) electrons. The Bertz CT molecular complexity index is 521. The van der Waals surface area contributed by atoms with E-state index in [1.165, 1.54) is 6.08 Å². The smallest absolute Gasteiger partial charge is 0.444 e. The zero-order valence-corrected chi connectivity index (χ0v) is 12.5. The number of hydrogen-bond donors (Lipinski definition) is 0. The Morgan fingerprint density at radius 1 is 1.29 bits per heavy atom. The van der Waals surface area contributed by atoms with Crippen LogP contribution in [0.5, 0.6) is 0 Å². The first-order valence-electron chi connectivity index (χ1n) is 5.99. The maximum Gasteiger partial charge on any atom is 0.523 e. The summed E-state index contributed by atoms with van der Waals surface area (Å²) in [5.74, 6) is 0. The molecule has 0 aromatic heterocycles. The Kier molecular flexibility index (Phi) is 4.94. The summed E-state index contributed by atoms with van der Waals surface area (Å²) in [5.41, 5.74) is -6.43. The van der Waals surface area contributed by atoms with Gasteiger partial charge in [0.1, 0.15) is 5.60 Å². The quantitative estimate of drug-likeness (QED) is 0.441. The summed E-state index contributed by atoms with van der Waals surface area (Å²) in [6.45, 7) is 4.72. The van der Waals surface area contributed by atoms with E-state index < -0.39 is 33.5 Å². The average molecular weight is 331 g/mol. The standard InChI is InChI=1S/C11H16F3NO5S/c1-10(2,3)19-9(16)15-7-5-4-6-8(15)20-21(17,18)11(12,13)14/h4,6,8H,5,7H2,1-3H3. The lowest BCUT2D eigenvalue weighted by molar-refractivity contribution is -0.0647. The topological polar surface area (TPSA) is 72.9 Å². The van der Waals surface area contributed by atoms with E-state index in [2.05, 4.69) is 4.18 Å². The van der Waals surface area contributed by atoms with Crippen LogP contribution in [-0.2, 0) is 19.0 Å². The van der Waals surface area contributed by atoms with Gasteiger partial charge in [-0.25, -0.2) is 8.98 Å². The fourth-order valence-electron chi connectivity index (χ4n) is 1.44. The molecule has 0 saturated heterocycles. The van der Waals surface area contributed by atoms with Gasteiger partial charge in [0.25, 0.3) is 0 Å². The lowest BCUT2D eigenvalue weighted by atomic mass is 10.2. The van der Waals surface area contributed by atoms with Crippen LogP contribution >= 0.6 is 0 Å². The molecule has 1 atom stereocenters. The molecule has 122 valence electrons. The number of carbonyl (C=O) groups is 1. The summed E-state index contributed by atoms with van der Waals surface area (Å²) in [4.78, 5) is 12.7. The van der Waals surface area contributed by atoms with Gasteiger partial charge in [-0.3, -0.25) is 4.90 Å². The number of rotatable bonds is 2. The molecule has 1 amide bonds. The Morgan fingerprint density at radius 3 is 2.33 bits per heavy atom. The Morgan fingerprint density at radius 2 is 1.86 bits per heavy atom. The van der Waals surface area contributed by atoms with Crippen LogP contribution in [0.2, 0.25) is 0 Å². The van der Waals surface area contributed by atoms with Crippen molar-refractivity contribution in [2.75, 3.05) is 6.54 Å². The van der Waals surface area contributed by atoms with Gasteiger partial charge >= 0.3 is 21.7 Å². The number of carbonyl (C=O) groups excluding carboxylic acids is 1. The second kappa shape index (κ2) is 5.84. The first-order chi connectivity index (χ1) is 9.33. The van der Waals surface area contributed by atoms with Crippen LogP contribution in [0.1, 0.15) is 27.2 Å². The number of nitrogens with zero attached hydrogens (tertiary/aromatic N) is 1.